The number of alkyl carbamates (subject to hydrolysis) is 1. The van der Waals surface area contributed by atoms with Crippen molar-refractivity contribution in [1.29, 1.82) is 0 Å². The molecule has 5 nitrogen and oxygen atoms in total. The van der Waals surface area contributed by atoms with Gasteiger partial charge in [-0.05, 0) is 45.7 Å². The highest BCUT2D eigenvalue weighted by molar-refractivity contribution is 6.31. The molecule has 2 N–H and O–H groups in total. The molecular formula is C17H25ClN2O3. The van der Waals surface area contributed by atoms with E-state index in [1.165, 1.54) is 0 Å². The monoisotopic (exact) mass is 340 g/mol. The summed E-state index contributed by atoms with van der Waals surface area (Å²) in [6.45, 7) is 7.68. The minimum Gasteiger partial charge on any atom is -0.444 e. The van der Waals surface area contributed by atoms with Gasteiger partial charge in [-0.2, -0.15) is 0 Å². The fraction of sp³-hybridized carbons (Fsp3) is 0.529. The number of rotatable bonds is 6. The van der Waals surface area contributed by atoms with Gasteiger partial charge in [-0.15, -0.1) is 0 Å². The van der Waals surface area contributed by atoms with E-state index in [1.54, 1.807) is 26.8 Å². The van der Waals surface area contributed by atoms with E-state index in [9.17, 15) is 9.59 Å². The van der Waals surface area contributed by atoms with E-state index in [4.69, 9.17) is 16.3 Å². The van der Waals surface area contributed by atoms with Crippen molar-refractivity contribution in [2.24, 2.45) is 0 Å². The Bertz CT molecular complexity index is 541. The first-order valence-electron chi connectivity index (χ1n) is 7.69. The molecule has 1 rings (SSSR count). The van der Waals surface area contributed by atoms with E-state index in [0.717, 1.165) is 5.56 Å². The maximum Gasteiger partial charge on any atom is 0.407 e. The van der Waals surface area contributed by atoms with E-state index in [-0.39, 0.29) is 11.9 Å². The lowest BCUT2D eigenvalue weighted by molar-refractivity contribution is -0.121. The summed E-state index contributed by atoms with van der Waals surface area (Å²) in [5.41, 5.74) is 0.362. The van der Waals surface area contributed by atoms with Crippen LogP contribution in [-0.2, 0) is 9.53 Å². The molecule has 0 aliphatic carbocycles. The van der Waals surface area contributed by atoms with Crippen LogP contribution in [0.5, 0.6) is 0 Å². The van der Waals surface area contributed by atoms with Crippen molar-refractivity contribution in [3.8, 4) is 0 Å². The van der Waals surface area contributed by atoms with Crippen LogP contribution < -0.4 is 10.6 Å². The van der Waals surface area contributed by atoms with E-state index in [1.807, 2.05) is 25.1 Å². The predicted molar refractivity (Wildman–Crippen MR) is 91.5 cm³/mol. The molecule has 2 amide bonds. The van der Waals surface area contributed by atoms with Gasteiger partial charge in [0.2, 0.25) is 5.91 Å². The Morgan fingerprint density at radius 3 is 2.52 bits per heavy atom. The molecule has 23 heavy (non-hydrogen) atoms. The zero-order valence-electron chi connectivity index (χ0n) is 14.1. The fourth-order valence-corrected chi connectivity index (χ4v) is 2.27. The molecule has 0 radical (unpaired) electrons. The minimum atomic E-state index is -0.522. The highest BCUT2D eigenvalue weighted by Gasteiger charge is 2.16. The predicted octanol–water partition coefficient (Wildman–Crippen LogP) is 3.82. The third kappa shape index (κ3) is 7.88. The van der Waals surface area contributed by atoms with Gasteiger partial charge in [-0.3, -0.25) is 4.79 Å². The van der Waals surface area contributed by atoms with Crippen LogP contribution in [0.25, 0.3) is 0 Å². The van der Waals surface area contributed by atoms with Crippen LogP contribution in [0.15, 0.2) is 24.3 Å². The van der Waals surface area contributed by atoms with Gasteiger partial charge in [0.05, 0.1) is 6.04 Å². The smallest absolute Gasteiger partial charge is 0.407 e. The first-order chi connectivity index (χ1) is 10.7. The largest absolute Gasteiger partial charge is 0.444 e. The number of hydrogen-bond acceptors (Lipinski definition) is 3. The number of carbonyl (C=O) groups is 2. The summed E-state index contributed by atoms with van der Waals surface area (Å²) in [4.78, 5) is 23.4. The zero-order valence-corrected chi connectivity index (χ0v) is 14.9. The van der Waals surface area contributed by atoms with Crippen molar-refractivity contribution in [2.45, 2.75) is 52.2 Å². The van der Waals surface area contributed by atoms with Crippen molar-refractivity contribution in [3.63, 3.8) is 0 Å². The van der Waals surface area contributed by atoms with Crippen molar-refractivity contribution in [2.75, 3.05) is 6.54 Å². The van der Waals surface area contributed by atoms with Crippen molar-refractivity contribution in [1.82, 2.24) is 10.6 Å². The van der Waals surface area contributed by atoms with Gasteiger partial charge in [-0.1, -0.05) is 29.8 Å². The summed E-state index contributed by atoms with van der Waals surface area (Å²) < 4.78 is 5.12. The Balaban J connectivity index is 2.27. The number of carbonyl (C=O) groups excluding carboxylic acids is 2. The van der Waals surface area contributed by atoms with Gasteiger partial charge in [0, 0.05) is 18.0 Å². The molecule has 0 saturated heterocycles. The highest BCUT2D eigenvalue weighted by Crippen LogP contribution is 2.22. The number of hydrogen-bond donors (Lipinski definition) is 2. The second kappa shape index (κ2) is 8.77. The molecule has 0 aliphatic rings. The van der Waals surface area contributed by atoms with Crippen molar-refractivity contribution >= 4 is 23.6 Å². The SMILES string of the molecule is CC(NC(=O)CCCNC(=O)OC(C)(C)C)c1ccccc1Cl. The van der Waals surface area contributed by atoms with Crippen LogP contribution in [0, 0.1) is 0 Å². The summed E-state index contributed by atoms with van der Waals surface area (Å²) >= 11 is 6.10. The molecule has 1 aromatic carbocycles. The first-order valence-corrected chi connectivity index (χ1v) is 8.07. The maximum atomic E-state index is 11.9. The topological polar surface area (TPSA) is 67.4 Å². The van der Waals surface area contributed by atoms with Crippen molar-refractivity contribution < 1.29 is 14.3 Å². The summed E-state index contributed by atoms with van der Waals surface area (Å²) in [5.74, 6) is -0.0802. The molecule has 0 aliphatic heterocycles. The van der Waals surface area contributed by atoms with Crippen LogP contribution in [0.4, 0.5) is 4.79 Å². The van der Waals surface area contributed by atoms with Gasteiger partial charge in [0.25, 0.3) is 0 Å². The maximum absolute atomic E-state index is 11.9. The van der Waals surface area contributed by atoms with E-state index in [2.05, 4.69) is 10.6 Å². The first kappa shape index (κ1) is 19.3. The van der Waals surface area contributed by atoms with Crippen LogP contribution in [-0.4, -0.2) is 24.1 Å². The Morgan fingerprint density at radius 1 is 1.26 bits per heavy atom. The Morgan fingerprint density at radius 2 is 1.91 bits per heavy atom. The molecule has 1 atom stereocenters. The zero-order chi connectivity index (χ0) is 17.5. The van der Waals surface area contributed by atoms with Crippen molar-refractivity contribution in [3.05, 3.63) is 34.9 Å². The molecule has 0 aromatic heterocycles. The fourth-order valence-electron chi connectivity index (χ4n) is 1.97. The van der Waals surface area contributed by atoms with Gasteiger partial charge >= 0.3 is 6.09 Å². The van der Waals surface area contributed by atoms with Gasteiger partial charge < -0.3 is 15.4 Å². The average Bonchev–Trinajstić information content (AvgIpc) is 2.42. The highest BCUT2D eigenvalue weighted by atomic mass is 35.5. The standard InChI is InChI=1S/C17H25ClN2O3/c1-12(13-8-5-6-9-14(13)18)20-15(21)10-7-11-19-16(22)23-17(2,3)4/h5-6,8-9,12H,7,10-11H2,1-4H3,(H,19,22)(H,20,21). The second-order valence-corrected chi connectivity index (χ2v) is 6.75. The molecule has 0 spiro atoms. The minimum absolute atomic E-state index is 0.0802. The lowest BCUT2D eigenvalue weighted by atomic mass is 10.1. The lowest BCUT2D eigenvalue weighted by Crippen LogP contribution is -2.33. The molecule has 0 heterocycles. The molecule has 1 unspecified atom stereocenters. The number of amides is 2. The summed E-state index contributed by atoms with van der Waals surface area (Å²) in [7, 11) is 0. The Kier molecular flexibility index (Phi) is 7.36. The Hall–Kier alpha value is -1.75. The third-order valence-electron chi connectivity index (χ3n) is 3.00. The normalized spacial score (nSPS) is 12.4. The van der Waals surface area contributed by atoms with Gasteiger partial charge in [0.15, 0.2) is 0 Å². The Labute approximate surface area is 142 Å². The van der Waals surface area contributed by atoms with Crippen LogP contribution in [0.2, 0.25) is 5.02 Å². The summed E-state index contributed by atoms with van der Waals surface area (Å²) in [5, 5.41) is 6.15. The second-order valence-electron chi connectivity index (χ2n) is 6.34. The molecule has 0 saturated carbocycles. The number of ether oxygens (including phenoxy) is 1. The van der Waals surface area contributed by atoms with Crippen LogP contribution in [0.1, 0.15) is 52.1 Å². The van der Waals surface area contributed by atoms with Crippen LogP contribution in [0.3, 0.4) is 0 Å². The average molecular weight is 341 g/mol. The van der Waals surface area contributed by atoms with Gasteiger partial charge in [-0.25, -0.2) is 4.79 Å². The number of halogens is 1. The lowest BCUT2D eigenvalue weighted by Gasteiger charge is -2.19. The van der Waals surface area contributed by atoms with Gasteiger partial charge in [0.1, 0.15) is 5.60 Å². The van der Waals surface area contributed by atoms with E-state index in [0.29, 0.717) is 24.4 Å². The molecule has 128 valence electrons. The van der Waals surface area contributed by atoms with E-state index >= 15 is 0 Å². The summed E-state index contributed by atoms with van der Waals surface area (Å²) in [6, 6.07) is 7.26. The molecule has 6 heteroatoms. The summed E-state index contributed by atoms with van der Waals surface area (Å²) in [6.07, 6.45) is 0.396. The molecule has 1 aromatic rings. The third-order valence-corrected chi connectivity index (χ3v) is 3.34. The molecular weight excluding hydrogens is 316 g/mol. The number of benzene rings is 1. The van der Waals surface area contributed by atoms with E-state index < -0.39 is 11.7 Å². The van der Waals surface area contributed by atoms with Crippen LogP contribution >= 0.6 is 11.6 Å². The quantitative estimate of drug-likeness (QED) is 0.773. The molecule has 0 bridgehead atoms. The number of nitrogens with one attached hydrogen (secondary N) is 2. The molecule has 0 fully saturated rings.